The van der Waals surface area contributed by atoms with Gasteiger partial charge in [-0.3, -0.25) is 0 Å². The molecule has 1 aliphatic heterocycles. The van der Waals surface area contributed by atoms with Crippen molar-refractivity contribution in [2.75, 3.05) is 27.4 Å². The molecule has 1 aliphatic rings. The molecule has 9 nitrogen and oxygen atoms in total. The second-order valence-electron chi connectivity index (χ2n) is 5.61. The highest BCUT2D eigenvalue weighted by molar-refractivity contribution is 5.95. The summed E-state index contributed by atoms with van der Waals surface area (Å²) in [6, 6.07) is 3.53. The van der Waals surface area contributed by atoms with Gasteiger partial charge in [0, 0.05) is 6.07 Å². The Morgan fingerprint density at radius 2 is 1.67 bits per heavy atom. The molecule has 1 atom stereocenters. The van der Waals surface area contributed by atoms with Crippen LogP contribution >= 0.6 is 0 Å². The summed E-state index contributed by atoms with van der Waals surface area (Å²) in [7, 11) is 2.93. The van der Waals surface area contributed by atoms with Crippen molar-refractivity contribution in [2.24, 2.45) is 0 Å². The minimum Gasteiger partial charge on any atom is -0.497 e. The topological polar surface area (TPSA) is 112 Å². The maximum absolute atomic E-state index is 12.4. The standard InChI is InChI=1S/C18H22N2O7/c1-5-26-17(22)15-10(2)19-18(23)20-14(15)9-27-16(21)11-6-12(24-3)8-13(7-11)25-4/h6-8,10H,5,9H2,1-4H3,(H2,19,20,23)/t10-/m0/s1. The second-order valence-corrected chi connectivity index (χ2v) is 5.61. The zero-order chi connectivity index (χ0) is 20.0. The van der Waals surface area contributed by atoms with E-state index in [-0.39, 0.29) is 30.0 Å². The first-order chi connectivity index (χ1) is 12.9. The lowest BCUT2D eigenvalue weighted by Gasteiger charge is -2.26. The molecule has 1 heterocycles. The van der Waals surface area contributed by atoms with Crippen molar-refractivity contribution in [3.05, 3.63) is 35.0 Å². The highest BCUT2D eigenvalue weighted by Gasteiger charge is 2.30. The third-order valence-corrected chi connectivity index (χ3v) is 3.80. The summed E-state index contributed by atoms with van der Waals surface area (Å²) >= 11 is 0. The van der Waals surface area contributed by atoms with Gasteiger partial charge in [0.15, 0.2) is 0 Å². The Bertz CT molecular complexity index is 751. The molecule has 2 rings (SSSR count). The lowest BCUT2D eigenvalue weighted by molar-refractivity contribution is -0.139. The van der Waals surface area contributed by atoms with Crippen LogP contribution in [-0.4, -0.2) is 51.4 Å². The van der Waals surface area contributed by atoms with Crippen LogP contribution in [0.1, 0.15) is 24.2 Å². The molecule has 0 saturated heterocycles. The number of hydrogen-bond donors (Lipinski definition) is 2. The summed E-state index contributed by atoms with van der Waals surface area (Å²) in [5.41, 5.74) is 0.582. The summed E-state index contributed by atoms with van der Waals surface area (Å²) in [5, 5.41) is 5.06. The van der Waals surface area contributed by atoms with Crippen molar-refractivity contribution in [3.63, 3.8) is 0 Å². The average Bonchev–Trinajstić information content (AvgIpc) is 2.65. The van der Waals surface area contributed by atoms with E-state index in [1.807, 2.05) is 0 Å². The van der Waals surface area contributed by atoms with Crippen LogP contribution in [0, 0.1) is 0 Å². The van der Waals surface area contributed by atoms with Crippen LogP contribution in [0.15, 0.2) is 29.5 Å². The molecule has 27 heavy (non-hydrogen) atoms. The van der Waals surface area contributed by atoms with E-state index >= 15 is 0 Å². The molecule has 1 aromatic carbocycles. The lowest BCUT2D eigenvalue weighted by atomic mass is 10.0. The maximum Gasteiger partial charge on any atom is 0.338 e. The molecule has 0 bridgehead atoms. The Morgan fingerprint density at radius 1 is 1.04 bits per heavy atom. The molecule has 0 aliphatic carbocycles. The first-order valence-electron chi connectivity index (χ1n) is 8.27. The number of methoxy groups -OCH3 is 2. The molecular formula is C18H22N2O7. The summed E-state index contributed by atoms with van der Waals surface area (Å²) in [6.07, 6.45) is 0. The summed E-state index contributed by atoms with van der Waals surface area (Å²) < 4.78 is 20.5. The van der Waals surface area contributed by atoms with Crippen LogP contribution in [0.3, 0.4) is 0 Å². The molecule has 0 aromatic heterocycles. The van der Waals surface area contributed by atoms with Gasteiger partial charge in [-0.2, -0.15) is 0 Å². The van der Waals surface area contributed by atoms with Gasteiger partial charge in [-0.15, -0.1) is 0 Å². The SMILES string of the molecule is CCOC(=O)C1=C(COC(=O)c2cc(OC)cc(OC)c2)NC(=O)N[C@H]1C. The van der Waals surface area contributed by atoms with Gasteiger partial charge < -0.3 is 29.6 Å². The fourth-order valence-electron chi connectivity index (χ4n) is 2.54. The van der Waals surface area contributed by atoms with E-state index in [1.54, 1.807) is 19.9 Å². The van der Waals surface area contributed by atoms with Gasteiger partial charge >= 0.3 is 18.0 Å². The van der Waals surface area contributed by atoms with Crippen LogP contribution in [0.25, 0.3) is 0 Å². The highest BCUT2D eigenvalue weighted by atomic mass is 16.5. The first-order valence-corrected chi connectivity index (χ1v) is 8.27. The van der Waals surface area contributed by atoms with Gasteiger partial charge in [0.1, 0.15) is 18.1 Å². The molecule has 0 saturated carbocycles. The smallest absolute Gasteiger partial charge is 0.338 e. The van der Waals surface area contributed by atoms with Crippen molar-refractivity contribution in [3.8, 4) is 11.5 Å². The summed E-state index contributed by atoms with van der Waals surface area (Å²) in [4.78, 5) is 36.3. The molecule has 146 valence electrons. The van der Waals surface area contributed by atoms with Gasteiger partial charge in [0.05, 0.1) is 43.7 Å². The molecule has 2 N–H and O–H groups in total. The number of hydrogen-bond acceptors (Lipinski definition) is 7. The van der Waals surface area contributed by atoms with Gasteiger partial charge in [-0.1, -0.05) is 0 Å². The van der Waals surface area contributed by atoms with Crippen LogP contribution in [0.4, 0.5) is 4.79 Å². The minimum atomic E-state index is -0.664. The number of rotatable bonds is 7. The van der Waals surface area contributed by atoms with E-state index in [4.69, 9.17) is 18.9 Å². The summed E-state index contributed by atoms with van der Waals surface area (Å²) in [6.45, 7) is 3.19. The number of benzene rings is 1. The minimum absolute atomic E-state index is 0.174. The zero-order valence-corrected chi connectivity index (χ0v) is 15.6. The number of urea groups is 1. The number of ether oxygens (including phenoxy) is 4. The molecule has 0 fully saturated rings. The lowest BCUT2D eigenvalue weighted by Crippen LogP contribution is -2.50. The Labute approximate surface area is 156 Å². The van der Waals surface area contributed by atoms with Crippen LogP contribution in [0.2, 0.25) is 0 Å². The van der Waals surface area contributed by atoms with E-state index in [2.05, 4.69) is 10.6 Å². The summed E-state index contributed by atoms with van der Waals surface area (Å²) in [5.74, 6) is -0.400. The van der Waals surface area contributed by atoms with E-state index in [1.165, 1.54) is 26.4 Å². The van der Waals surface area contributed by atoms with Gasteiger partial charge in [-0.25, -0.2) is 14.4 Å². The Kier molecular flexibility index (Phi) is 6.64. The number of carbonyl (C=O) groups excluding carboxylic acids is 3. The third-order valence-electron chi connectivity index (χ3n) is 3.80. The first kappa shape index (κ1) is 20.1. The van der Waals surface area contributed by atoms with Crippen LogP contribution in [0.5, 0.6) is 11.5 Å². The second kappa shape index (κ2) is 8.93. The van der Waals surface area contributed by atoms with E-state index in [0.717, 1.165) is 0 Å². The molecule has 2 amide bonds. The fraction of sp³-hybridized carbons (Fsp3) is 0.389. The number of carbonyl (C=O) groups is 3. The van der Waals surface area contributed by atoms with Crippen molar-refractivity contribution >= 4 is 18.0 Å². The molecule has 1 aromatic rings. The van der Waals surface area contributed by atoms with Crippen molar-refractivity contribution in [1.82, 2.24) is 10.6 Å². The Morgan fingerprint density at radius 3 is 2.22 bits per heavy atom. The Hall–Kier alpha value is -3.23. The molecule has 9 heteroatoms. The van der Waals surface area contributed by atoms with E-state index in [9.17, 15) is 14.4 Å². The van der Waals surface area contributed by atoms with E-state index in [0.29, 0.717) is 11.5 Å². The molecule has 0 unspecified atom stereocenters. The normalized spacial score (nSPS) is 16.1. The van der Waals surface area contributed by atoms with Crippen molar-refractivity contribution in [1.29, 1.82) is 0 Å². The predicted octanol–water partition coefficient (Wildman–Crippen LogP) is 1.38. The van der Waals surface area contributed by atoms with Crippen molar-refractivity contribution < 1.29 is 33.3 Å². The van der Waals surface area contributed by atoms with Gasteiger partial charge in [-0.05, 0) is 26.0 Å². The predicted molar refractivity (Wildman–Crippen MR) is 94.6 cm³/mol. The molecule has 0 radical (unpaired) electrons. The van der Waals surface area contributed by atoms with Gasteiger partial charge in [0.25, 0.3) is 0 Å². The number of nitrogens with one attached hydrogen (secondary N) is 2. The zero-order valence-electron chi connectivity index (χ0n) is 15.6. The molecule has 0 spiro atoms. The van der Waals surface area contributed by atoms with E-state index < -0.39 is 24.0 Å². The maximum atomic E-state index is 12.4. The van der Waals surface area contributed by atoms with Crippen LogP contribution < -0.4 is 20.1 Å². The average molecular weight is 378 g/mol. The number of esters is 2. The van der Waals surface area contributed by atoms with Gasteiger partial charge in [0.2, 0.25) is 0 Å². The largest absolute Gasteiger partial charge is 0.497 e. The monoisotopic (exact) mass is 378 g/mol. The van der Waals surface area contributed by atoms with Crippen molar-refractivity contribution in [2.45, 2.75) is 19.9 Å². The highest BCUT2D eigenvalue weighted by Crippen LogP contribution is 2.23. The third kappa shape index (κ3) is 4.90. The fourth-order valence-corrected chi connectivity index (χ4v) is 2.54. The molecular weight excluding hydrogens is 356 g/mol. The van der Waals surface area contributed by atoms with Crippen LogP contribution in [-0.2, 0) is 14.3 Å². The number of amides is 2. The quantitative estimate of drug-likeness (QED) is 0.689. The Balaban J connectivity index is 2.21.